The fourth-order valence-corrected chi connectivity index (χ4v) is 8.44. The SMILES string of the molecule is CC[C@@H](c1ccccc1)N([C@@H](Cc1ccc2c(c1)OC[C@H](c1cccc(OCc3ccc(Cl)c(Cl)c3)c1)O2)C(=O)OC)S(=O)(=O)c1ccc([N+](=O)[O-])cc1. The summed E-state index contributed by atoms with van der Waals surface area (Å²) in [6, 6.07) is 29.5. The number of nitro groups is 1. The molecule has 5 aromatic carbocycles. The van der Waals surface area contributed by atoms with Gasteiger partial charge in [-0.15, -0.1) is 0 Å². The van der Waals surface area contributed by atoms with Crippen molar-refractivity contribution >= 4 is 44.9 Å². The fraction of sp³-hybridized carbons (Fsp3) is 0.225. The van der Waals surface area contributed by atoms with Crippen molar-refractivity contribution in [2.24, 2.45) is 0 Å². The van der Waals surface area contributed by atoms with Gasteiger partial charge >= 0.3 is 5.97 Å². The van der Waals surface area contributed by atoms with Crippen LogP contribution in [-0.2, 0) is 32.6 Å². The average Bonchev–Trinajstić information content (AvgIpc) is 3.19. The molecule has 6 rings (SSSR count). The van der Waals surface area contributed by atoms with Crippen molar-refractivity contribution < 1.29 is 37.1 Å². The second kappa shape index (κ2) is 16.9. The molecule has 54 heavy (non-hydrogen) atoms. The molecule has 14 heteroatoms. The lowest BCUT2D eigenvalue weighted by molar-refractivity contribution is -0.384. The van der Waals surface area contributed by atoms with Crippen LogP contribution >= 0.6 is 23.2 Å². The molecule has 0 aliphatic carbocycles. The highest BCUT2D eigenvalue weighted by Crippen LogP contribution is 2.40. The molecular formula is C40H36Cl2N2O9S. The topological polar surface area (TPSA) is 135 Å². The zero-order valence-electron chi connectivity index (χ0n) is 29.3. The number of rotatable bonds is 14. The molecule has 0 radical (unpaired) electrons. The standard InChI is InChI=1S/C40H36Cl2N2O9S/c1-3-35(28-8-5-4-6-9-28)43(54(48,49)32-16-14-30(15-17-32)44(46)47)36(40(45)50-2)21-26-13-19-37-38(22-26)52-25-39(53-37)29-10-7-11-31(23-29)51-24-27-12-18-33(41)34(42)20-27/h4-20,22-23,35-36,39H,3,21,24-25H2,1-2H3/t35-,36-,39+/m0/s1. The average molecular weight is 792 g/mol. The number of non-ortho nitro benzene ring substituents is 1. The van der Waals surface area contributed by atoms with Crippen molar-refractivity contribution in [3.8, 4) is 17.2 Å². The van der Waals surface area contributed by atoms with Crippen LogP contribution in [0.5, 0.6) is 17.2 Å². The predicted octanol–water partition coefficient (Wildman–Crippen LogP) is 8.92. The monoisotopic (exact) mass is 790 g/mol. The van der Waals surface area contributed by atoms with E-state index in [1.807, 2.05) is 43.3 Å². The Morgan fingerprint density at radius 3 is 2.33 bits per heavy atom. The lowest BCUT2D eigenvalue weighted by atomic mass is 10.00. The van der Waals surface area contributed by atoms with E-state index >= 15 is 0 Å². The van der Waals surface area contributed by atoms with Gasteiger partial charge in [0.15, 0.2) is 17.6 Å². The smallest absolute Gasteiger partial charge is 0.324 e. The van der Waals surface area contributed by atoms with Crippen molar-refractivity contribution in [1.82, 2.24) is 4.31 Å². The van der Waals surface area contributed by atoms with Crippen LogP contribution in [0.25, 0.3) is 0 Å². The van der Waals surface area contributed by atoms with E-state index in [0.717, 1.165) is 27.6 Å². The third-order valence-corrected chi connectivity index (χ3v) is 11.7. The summed E-state index contributed by atoms with van der Waals surface area (Å²) >= 11 is 12.2. The molecule has 0 N–H and O–H groups in total. The molecule has 280 valence electrons. The minimum absolute atomic E-state index is 0.0689. The highest BCUT2D eigenvalue weighted by Gasteiger charge is 2.42. The number of hydrogen-bond acceptors (Lipinski definition) is 9. The number of ether oxygens (including phenoxy) is 4. The molecule has 0 fully saturated rings. The number of fused-ring (bicyclic) bond motifs is 1. The molecular weight excluding hydrogens is 755 g/mol. The molecule has 0 saturated heterocycles. The summed E-state index contributed by atoms with van der Waals surface area (Å²) in [7, 11) is -3.23. The minimum atomic E-state index is -4.43. The lowest BCUT2D eigenvalue weighted by Gasteiger charge is -2.36. The Kier molecular flexibility index (Phi) is 12.1. The molecule has 0 saturated carbocycles. The number of methoxy groups -OCH3 is 1. The first-order valence-corrected chi connectivity index (χ1v) is 19.2. The first-order valence-electron chi connectivity index (χ1n) is 17.0. The van der Waals surface area contributed by atoms with Gasteiger partial charge in [0.25, 0.3) is 5.69 Å². The summed E-state index contributed by atoms with van der Waals surface area (Å²) in [5.41, 5.74) is 2.69. The highest BCUT2D eigenvalue weighted by atomic mass is 35.5. The number of benzene rings is 5. The van der Waals surface area contributed by atoms with Gasteiger partial charge in [0, 0.05) is 12.1 Å². The van der Waals surface area contributed by atoms with Gasteiger partial charge < -0.3 is 18.9 Å². The largest absolute Gasteiger partial charge is 0.489 e. The molecule has 0 amide bonds. The third kappa shape index (κ3) is 8.63. The van der Waals surface area contributed by atoms with Gasteiger partial charge in [0.1, 0.15) is 25.0 Å². The molecule has 3 atom stereocenters. The van der Waals surface area contributed by atoms with Crippen molar-refractivity contribution in [2.45, 2.75) is 49.5 Å². The van der Waals surface area contributed by atoms with E-state index in [4.69, 9.17) is 42.1 Å². The van der Waals surface area contributed by atoms with Crippen molar-refractivity contribution in [3.63, 3.8) is 0 Å². The van der Waals surface area contributed by atoms with Crippen LogP contribution in [0.4, 0.5) is 5.69 Å². The maximum atomic E-state index is 14.5. The second-order valence-electron chi connectivity index (χ2n) is 12.5. The summed E-state index contributed by atoms with van der Waals surface area (Å²) in [6.45, 7) is 2.29. The molecule has 0 spiro atoms. The van der Waals surface area contributed by atoms with Crippen LogP contribution in [0.3, 0.4) is 0 Å². The van der Waals surface area contributed by atoms with Crippen LogP contribution in [0.15, 0.2) is 120 Å². The van der Waals surface area contributed by atoms with Gasteiger partial charge in [0.05, 0.1) is 33.0 Å². The quantitative estimate of drug-likeness (QED) is 0.0614. The maximum absolute atomic E-state index is 14.5. The van der Waals surface area contributed by atoms with Gasteiger partial charge in [0.2, 0.25) is 10.0 Å². The summed E-state index contributed by atoms with van der Waals surface area (Å²) in [5, 5.41) is 12.2. The molecule has 0 aromatic heterocycles. The Hall–Kier alpha value is -5.14. The Balaban J connectivity index is 1.25. The summed E-state index contributed by atoms with van der Waals surface area (Å²) in [5.74, 6) is 0.759. The van der Waals surface area contributed by atoms with Crippen LogP contribution < -0.4 is 14.2 Å². The summed E-state index contributed by atoms with van der Waals surface area (Å²) in [4.78, 5) is 24.1. The Labute approximate surface area is 323 Å². The Morgan fingerprint density at radius 1 is 0.907 bits per heavy atom. The number of sulfonamides is 1. The van der Waals surface area contributed by atoms with Gasteiger partial charge in [-0.2, -0.15) is 4.31 Å². The molecule has 5 aromatic rings. The van der Waals surface area contributed by atoms with Gasteiger partial charge in [-0.3, -0.25) is 14.9 Å². The van der Waals surface area contributed by atoms with Gasteiger partial charge in [-0.25, -0.2) is 8.42 Å². The number of halogens is 2. The predicted molar refractivity (Wildman–Crippen MR) is 204 cm³/mol. The van der Waals surface area contributed by atoms with Crippen molar-refractivity contribution in [3.05, 3.63) is 158 Å². The second-order valence-corrected chi connectivity index (χ2v) is 15.1. The Bertz CT molecular complexity index is 2240. The Morgan fingerprint density at radius 2 is 1.65 bits per heavy atom. The molecule has 0 bridgehead atoms. The van der Waals surface area contributed by atoms with E-state index in [2.05, 4.69) is 0 Å². The van der Waals surface area contributed by atoms with E-state index < -0.39 is 39.1 Å². The zero-order chi connectivity index (χ0) is 38.4. The number of nitro benzene ring substituents is 1. The normalized spacial score (nSPS) is 14.9. The number of esters is 1. The minimum Gasteiger partial charge on any atom is -0.489 e. The van der Waals surface area contributed by atoms with Crippen LogP contribution in [0.1, 0.15) is 47.7 Å². The van der Waals surface area contributed by atoms with Gasteiger partial charge in [-0.05, 0) is 83.6 Å². The van der Waals surface area contributed by atoms with E-state index in [1.165, 1.54) is 19.2 Å². The van der Waals surface area contributed by atoms with Crippen LogP contribution in [-0.4, -0.2) is 43.4 Å². The fourth-order valence-electron chi connectivity index (χ4n) is 6.30. The molecule has 1 heterocycles. The van der Waals surface area contributed by atoms with Crippen molar-refractivity contribution in [2.75, 3.05) is 13.7 Å². The molecule has 1 aliphatic rings. The van der Waals surface area contributed by atoms with E-state index in [-0.39, 0.29) is 30.2 Å². The lowest BCUT2D eigenvalue weighted by Crippen LogP contribution is -2.48. The first kappa shape index (κ1) is 38.6. The number of carbonyl (C=O) groups is 1. The third-order valence-electron chi connectivity index (χ3n) is 9.00. The number of carbonyl (C=O) groups excluding carboxylic acids is 1. The summed E-state index contributed by atoms with van der Waals surface area (Å²) in [6.07, 6.45) is -0.202. The summed E-state index contributed by atoms with van der Waals surface area (Å²) < 4.78 is 53.8. The van der Waals surface area contributed by atoms with Crippen molar-refractivity contribution in [1.29, 1.82) is 0 Å². The van der Waals surface area contributed by atoms with Crippen LogP contribution in [0, 0.1) is 10.1 Å². The molecule has 0 unspecified atom stereocenters. The van der Waals surface area contributed by atoms with E-state index in [0.29, 0.717) is 44.8 Å². The first-order chi connectivity index (χ1) is 26.0. The van der Waals surface area contributed by atoms with Gasteiger partial charge in [-0.1, -0.05) is 84.7 Å². The van der Waals surface area contributed by atoms with E-state index in [9.17, 15) is 23.3 Å². The highest BCUT2D eigenvalue weighted by molar-refractivity contribution is 7.89. The molecule has 11 nitrogen and oxygen atoms in total. The van der Waals surface area contributed by atoms with E-state index in [1.54, 1.807) is 54.6 Å². The number of hydrogen-bond donors (Lipinski definition) is 0. The van der Waals surface area contributed by atoms with Crippen LogP contribution in [0.2, 0.25) is 10.0 Å². The maximum Gasteiger partial charge on any atom is 0.324 e. The zero-order valence-corrected chi connectivity index (χ0v) is 31.6. The molecule has 1 aliphatic heterocycles. The number of nitrogens with zero attached hydrogens (tertiary/aromatic N) is 2.